The van der Waals surface area contributed by atoms with Crippen LogP contribution in [0.2, 0.25) is 0 Å². The number of rotatable bonds is 5. The maximum absolute atomic E-state index is 13.8. The number of nitrogens with one attached hydrogen (secondary N) is 1. The first kappa shape index (κ1) is 17.7. The van der Waals surface area contributed by atoms with Crippen LogP contribution >= 0.6 is 0 Å². The Balaban J connectivity index is 1.68. The molecule has 128 valence electrons. The maximum atomic E-state index is 13.8. The Kier molecular flexibility index (Phi) is 5.99. The van der Waals surface area contributed by atoms with E-state index in [0.29, 0.717) is 12.2 Å². The van der Waals surface area contributed by atoms with Gasteiger partial charge in [0, 0.05) is 38.1 Å². The van der Waals surface area contributed by atoms with Gasteiger partial charge < -0.3 is 10.2 Å². The molecule has 1 aliphatic heterocycles. The predicted molar refractivity (Wildman–Crippen MR) is 92.1 cm³/mol. The third-order valence-electron chi connectivity index (χ3n) is 4.18. The SMILES string of the molecule is CC(C)(C)C(=O)NCCCN1CCN(c2ccccc2F)CC1. The Morgan fingerprint density at radius 1 is 1.17 bits per heavy atom. The van der Waals surface area contributed by atoms with Gasteiger partial charge in [-0.3, -0.25) is 9.69 Å². The Morgan fingerprint density at radius 2 is 1.83 bits per heavy atom. The third-order valence-corrected chi connectivity index (χ3v) is 4.18. The molecule has 23 heavy (non-hydrogen) atoms. The lowest BCUT2D eigenvalue weighted by Gasteiger charge is -2.36. The first-order valence-corrected chi connectivity index (χ1v) is 8.38. The van der Waals surface area contributed by atoms with E-state index in [1.807, 2.05) is 32.9 Å². The highest BCUT2D eigenvalue weighted by Gasteiger charge is 2.21. The maximum Gasteiger partial charge on any atom is 0.225 e. The second kappa shape index (κ2) is 7.77. The number of halogens is 1. The highest BCUT2D eigenvalue weighted by Crippen LogP contribution is 2.20. The number of anilines is 1. The molecule has 1 aliphatic rings. The smallest absolute Gasteiger partial charge is 0.225 e. The number of benzene rings is 1. The number of nitrogens with zero attached hydrogens (tertiary/aromatic N) is 2. The van der Waals surface area contributed by atoms with E-state index >= 15 is 0 Å². The molecule has 0 aromatic heterocycles. The average Bonchev–Trinajstić information content (AvgIpc) is 2.51. The zero-order valence-corrected chi connectivity index (χ0v) is 14.4. The summed E-state index contributed by atoms with van der Waals surface area (Å²) in [5.41, 5.74) is 0.371. The summed E-state index contributed by atoms with van der Waals surface area (Å²) < 4.78 is 13.8. The Bertz CT molecular complexity index is 519. The van der Waals surface area contributed by atoms with Gasteiger partial charge in [-0.15, -0.1) is 0 Å². The second-order valence-corrected chi connectivity index (χ2v) is 7.14. The molecule has 0 radical (unpaired) electrons. The monoisotopic (exact) mass is 321 g/mol. The van der Waals surface area contributed by atoms with Gasteiger partial charge in [-0.25, -0.2) is 4.39 Å². The Morgan fingerprint density at radius 3 is 2.43 bits per heavy atom. The molecule has 1 fully saturated rings. The molecular formula is C18H28FN3O. The molecule has 0 atom stereocenters. The summed E-state index contributed by atoms with van der Waals surface area (Å²) in [5, 5.41) is 2.98. The van der Waals surface area contributed by atoms with Crippen molar-refractivity contribution in [1.29, 1.82) is 0 Å². The molecule has 1 heterocycles. The van der Waals surface area contributed by atoms with Crippen LogP contribution in [0, 0.1) is 11.2 Å². The molecule has 1 aromatic carbocycles. The molecule has 1 saturated heterocycles. The highest BCUT2D eigenvalue weighted by molar-refractivity contribution is 5.81. The van der Waals surface area contributed by atoms with Crippen molar-refractivity contribution in [3.63, 3.8) is 0 Å². The predicted octanol–water partition coefficient (Wildman–Crippen LogP) is 2.50. The molecule has 1 aromatic rings. The second-order valence-electron chi connectivity index (χ2n) is 7.14. The number of carbonyl (C=O) groups excluding carboxylic acids is 1. The van der Waals surface area contributed by atoms with Crippen LogP contribution in [-0.2, 0) is 4.79 Å². The first-order chi connectivity index (χ1) is 10.9. The van der Waals surface area contributed by atoms with E-state index in [9.17, 15) is 9.18 Å². The molecule has 5 heteroatoms. The molecule has 1 N–H and O–H groups in total. The Labute approximate surface area is 138 Å². The van der Waals surface area contributed by atoms with Crippen molar-refractivity contribution in [3.8, 4) is 0 Å². The number of para-hydroxylation sites is 1. The van der Waals surface area contributed by atoms with E-state index in [0.717, 1.165) is 39.1 Å². The summed E-state index contributed by atoms with van der Waals surface area (Å²) in [4.78, 5) is 16.3. The van der Waals surface area contributed by atoms with Crippen LogP contribution in [0.15, 0.2) is 24.3 Å². The molecule has 0 unspecified atom stereocenters. The quantitative estimate of drug-likeness (QED) is 0.847. The fourth-order valence-corrected chi connectivity index (χ4v) is 2.69. The number of amides is 1. The lowest BCUT2D eigenvalue weighted by atomic mass is 9.96. The van der Waals surface area contributed by atoms with Gasteiger partial charge in [-0.05, 0) is 25.1 Å². The van der Waals surface area contributed by atoms with E-state index < -0.39 is 0 Å². The lowest BCUT2D eigenvalue weighted by Crippen LogP contribution is -2.47. The van der Waals surface area contributed by atoms with E-state index in [2.05, 4.69) is 15.1 Å². The van der Waals surface area contributed by atoms with Gasteiger partial charge in [-0.2, -0.15) is 0 Å². The molecular weight excluding hydrogens is 293 g/mol. The molecule has 0 saturated carbocycles. The minimum atomic E-state index is -0.328. The third kappa shape index (κ3) is 5.20. The summed E-state index contributed by atoms with van der Waals surface area (Å²) in [5.74, 6) is -0.0484. The summed E-state index contributed by atoms with van der Waals surface area (Å²) in [6.07, 6.45) is 0.946. The van der Waals surface area contributed by atoms with E-state index in [-0.39, 0.29) is 17.1 Å². The fraction of sp³-hybridized carbons (Fsp3) is 0.611. The van der Waals surface area contributed by atoms with Crippen LogP contribution in [0.3, 0.4) is 0 Å². The van der Waals surface area contributed by atoms with Crippen LogP contribution in [0.4, 0.5) is 10.1 Å². The van der Waals surface area contributed by atoms with Crippen molar-refractivity contribution in [2.24, 2.45) is 5.41 Å². The number of hydrogen-bond donors (Lipinski definition) is 1. The minimum Gasteiger partial charge on any atom is -0.367 e. The van der Waals surface area contributed by atoms with Crippen molar-refractivity contribution in [2.45, 2.75) is 27.2 Å². The molecule has 1 amide bonds. The number of hydrogen-bond acceptors (Lipinski definition) is 3. The summed E-state index contributed by atoms with van der Waals surface area (Å²) >= 11 is 0. The van der Waals surface area contributed by atoms with Crippen LogP contribution < -0.4 is 10.2 Å². The van der Waals surface area contributed by atoms with Gasteiger partial charge in [-0.1, -0.05) is 32.9 Å². The van der Waals surface area contributed by atoms with E-state index in [4.69, 9.17) is 0 Å². The number of piperazine rings is 1. The van der Waals surface area contributed by atoms with Crippen LogP contribution in [-0.4, -0.2) is 50.1 Å². The van der Waals surface area contributed by atoms with Gasteiger partial charge in [0.25, 0.3) is 0 Å². The van der Waals surface area contributed by atoms with Crippen molar-refractivity contribution >= 4 is 11.6 Å². The van der Waals surface area contributed by atoms with Crippen LogP contribution in [0.25, 0.3) is 0 Å². The van der Waals surface area contributed by atoms with Crippen molar-refractivity contribution < 1.29 is 9.18 Å². The van der Waals surface area contributed by atoms with Crippen molar-refractivity contribution in [3.05, 3.63) is 30.1 Å². The molecule has 0 aliphatic carbocycles. The van der Waals surface area contributed by atoms with Crippen molar-refractivity contribution in [2.75, 3.05) is 44.2 Å². The number of carbonyl (C=O) groups is 1. The van der Waals surface area contributed by atoms with Crippen molar-refractivity contribution in [1.82, 2.24) is 10.2 Å². The molecule has 0 bridgehead atoms. The topological polar surface area (TPSA) is 35.6 Å². The molecule has 2 rings (SSSR count). The summed E-state index contributed by atoms with van der Waals surface area (Å²) in [6, 6.07) is 6.95. The van der Waals surface area contributed by atoms with Gasteiger partial charge in [0.15, 0.2) is 0 Å². The highest BCUT2D eigenvalue weighted by atomic mass is 19.1. The normalized spacial score (nSPS) is 16.4. The fourth-order valence-electron chi connectivity index (χ4n) is 2.69. The largest absolute Gasteiger partial charge is 0.367 e. The van der Waals surface area contributed by atoms with Crippen LogP contribution in [0.5, 0.6) is 0 Å². The zero-order valence-electron chi connectivity index (χ0n) is 14.4. The van der Waals surface area contributed by atoms with Crippen LogP contribution in [0.1, 0.15) is 27.2 Å². The van der Waals surface area contributed by atoms with E-state index in [1.54, 1.807) is 6.07 Å². The minimum absolute atomic E-state index is 0.0990. The zero-order chi connectivity index (χ0) is 16.9. The van der Waals surface area contributed by atoms with E-state index in [1.165, 1.54) is 6.07 Å². The first-order valence-electron chi connectivity index (χ1n) is 8.38. The Hall–Kier alpha value is -1.62. The summed E-state index contributed by atoms with van der Waals surface area (Å²) in [6.45, 7) is 11.0. The standard InChI is InChI=1S/C18H28FN3O/c1-18(2,3)17(23)20-9-6-10-21-11-13-22(14-12-21)16-8-5-4-7-15(16)19/h4-5,7-8H,6,9-14H2,1-3H3,(H,20,23). The van der Waals surface area contributed by atoms with Gasteiger partial charge in [0.05, 0.1) is 5.69 Å². The summed E-state index contributed by atoms with van der Waals surface area (Å²) in [7, 11) is 0. The lowest BCUT2D eigenvalue weighted by molar-refractivity contribution is -0.128. The molecule has 4 nitrogen and oxygen atoms in total. The average molecular weight is 321 g/mol. The van der Waals surface area contributed by atoms with Gasteiger partial charge in [0.2, 0.25) is 5.91 Å². The van der Waals surface area contributed by atoms with Gasteiger partial charge in [0.1, 0.15) is 5.82 Å². The van der Waals surface area contributed by atoms with Gasteiger partial charge >= 0.3 is 0 Å². The molecule has 0 spiro atoms.